The average Bonchev–Trinajstić information content (AvgIpc) is 3.31. The Morgan fingerprint density at radius 1 is 1.08 bits per heavy atom. The number of aromatic nitrogens is 1. The largest absolute Gasteiger partial charge is 0.361 e. The Kier molecular flexibility index (Phi) is 6.99. The van der Waals surface area contributed by atoms with Crippen LogP contribution in [0.5, 0.6) is 0 Å². The highest BCUT2D eigenvalue weighted by Gasteiger charge is 2.28. The van der Waals surface area contributed by atoms with Crippen LogP contribution in [-0.4, -0.2) is 79.5 Å². The third-order valence-corrected chi connectivity index (χ3v) is 4.51. The quantitative estimate of drug-likeness (QED) is 0.637. The standard InChI is InChI=1S/C18H30N4O3/c1-20(2)9-5-6-17(23)21(3)10-11-22(4)18(24)13-15-12-16(25-19-15)14-7-8-14/h12,14H,5-11,13H2,1-4H3. The summed E-state index contributed by atoms with van der Waals surface area (Å²) in [5.74, 6) is 1.51. The molecule has 140 valence electrons. The van der Waals surface area contributed by atoms with Gasteiger partial charge in [-0.05, 0) is 39.9 Å². The van der Waals surface area contributed by atoms with E-state index in [1.165, 1.54) is 0 Å². The zero-order valence-corrected chi connectivity index (χ0v) is 15.8. The fourth-order valence-electron chi connectivity index (χ4n) is 2.55. The van der Waals surface area contributed by atoms with Crippen LogP contribution in [-0.2, 0) is 16.0 Å². The van der Waals surface area contributed by atoms with E-state index in [0.29, 0.717) is 31.1 Å². The summed E-state index contributed by atoms with van der Waals surface area (Å²) in [6.07, 6.45) is 3.93. The molecule has 2 rings (SSSR count). The lowest BCUT2D eigenvalue weighted by Gasteiger charge is -2.22. The number of rotatable bonds is 10. The van der Waals surface area contributed by atoms with Crippen molar-refractivity contribution in [2.24, 2.45) is 0 Å². The summed E-state index contributed by atoms with van der Waals surface area (Å²) < 4.78 is 5.28. The van der Waals surface area contributed by atoms with Crippen molar-refractivity contribution in [3.63, 3.8) is 0 Å². The molecule has 0 N–H and O–H groups in total. The van der Waals surface area contributed by atoms with Crippen molar-refractivity contribution in [1.82, 2.24) is 19.9 Å². The van der Waals surface area contributed by atoms with Gasteiger partial charge >= 0.3 is 0 Å². The van der Waals surface area contributed by atoms with Crippen LogP contribution >= 0.6 is 0 Å². The number of hydrogen-bond acceptors (Lipinski definition) is 5. The van der Waals surface area contributed by atoms with E-state index >= 15 is 0 Å². The maximum Gasteiger partial charge on any atom is 0.228 e. The van der Waals surface area contributed by atoms with E-state index in [0.717, 1.165) is 31.6 Å². The van der Waals surface area contributed by atoms with E-state index in [9.17, 15) is 9.59 Å². The van der Waals surface area contributed by atoms with E-state index in [-0.39, 0.29) is 18.2 Å². The van der Waals surface area contributed by atoms with Crippen LogP contribution in [0.4, 0.5) is 0 Å². The molecule has 1 aliphatic carbocycles. The van der Waals surface area contributed by atoms with Crippen LogP contribution in [0.15, 0.2) is 10.6 Å². The summed E-state index contributed by atoms with van der Waals surface area (Å²) in [7, 11) is 7.54. The van der Waals surface area contributed by atoms with Gasteiger partial charge in [-0.15, -0.1) is 0 Å². The molecule has 0 aliphatic heterocycles. The third-order valence-electron chi connectivity index (χ3n) is 4.51. The highest BCUT2D eigenvalue weighted by atomic mass is 16.5. The van der Waals surface area contributed by atoms with E-state index in [2.05, 4.69) is 10.1 Å². The van der Waals surface area contributed by atoms with E-state index < -0.39 is 0 Å². The Morgan fingerprint density at radius 3 is 2.32 bits per heavy atom. The van der Waals surface area contributed by atoms with Crippen LogP contribution in [0.2, 0.25) is 0 Å². The van der Waals surface area contributed by atoms with Gasteiger partial charge < -0.3 is 19.2 Å². The second kappa shape index (κ2) is 8.99. The van der Waals surface area contributed by atoms with E-state index in [1.54, 1.807) is 23.9 Å². The van der Waals surface area contributed by atoms with Crippen molar-refractivity contribution in [3.8, 4) is 0 Å². The minimum atomic E-state index is -0.0101. The Labute approximate surface area is 149 Å². The summed E-state index contributed by atoms with van der Waals surface area (Å²) >= 11 is 0. The fraction of sp³-hybridized carbons (Fsp3) is 0.722. The Morgan fingerprint density at radius 2 is 1.72 bits per heavy atom. The number of amides is 2. The zero-order chi connectivity index (χ0) is 18.4. The lowest BCUT2D eigenvalue weighted by molar-refractivity contribution is -0.133. The number of carbonyl (C=O) groups excluding carboxylic acids is 2. The van der Waals surface area contributed by atoms with Gasteiger partial charge in [0.2, 0.25) is 11.8 Å². The monoisotopic (exact) mass is 350 g/mol. The Hall–Kier alpha value is -1.89. The normalized spacial score (nSPS) is 14.0. The molecule has 0 spiro atoms. The van der Waals surface area contributed by atoms with Gasteiger partial charge in [0.25, 0.3) is 0 Å². The zero-order valence-electron chi connectivity index (χ0n) is 15.8. The first-order chi connectivity index (χ1) is 11.9. The predicted octanol–water partition coefficient (Wildman–Crippen LogP) is 1.35. The summed E-state index contributed by atoms with van der Waals surface area (Å²) in [4.78, 5) is 29.7. The SMILES string of the molecule is CN(C)CCCC(=O)N(C)CCN(C)C(=O)Cc1cc(C2CC2)on1. The summed E-state index contributed by atoms with van der Waals surface area (Å²) in [5.41, 5.74) is 0.687. The van der Waals surface area contributed by atoms with E-state index in [4.69, 9.17) is 4.52 Å². The predicted molar refractivity (Wildman–Crippen MR) is 95.2 cm³/mol. The van der Waals surface area contributed by atoms with Crippen LogP contribution in [0, 0.1) is 0 Å². The lowest BCUT2D eigenvalue weighted by Crippen LogP contribution is -2.38. The van der Waals surface area contributed by atoms with Gasteiger partial charge in [-0.3, -0.25) is 9.59 Å². The average molecular weight is 350 g/mol. The lowest BCUT2D eigenvalue weighted by atomic mass is 10.2. The van der Waals surface area contributed by atoms with Gasteiger partial charge in [-0.1, -0.05) is 5.16 Å². The molecule has 0 bridgehead atoms. The molecule has 1 fully saturated rings. The number of nitrogens with zero attached hydrogens (tertiary/aromatic N) is 4. The molecule has 0 aromatic carbocycles. The van der Waals surface area contributed by atoms with Crippen molar-refractivity contribution in [2.75, 3.05) is 47.8 Å². The fourth-order valence-corrected chi connectivity index (χ4v) is 2.55. The van der Waals surface area contributed by atoms with Crippen molar-refractivity contribution >= 4 is 11.8 Å². The minimum absolute atomic E-state index is 0.0101. The summed E-state index contributed by atoms with van der Waals surface area (Å²) in [6, 6.07) is 1.89. The van der Waals surface area contributed by atoms with Crippen LogP contribution in [0.25, 0.3) is 0 Å². The molecule has 1 aromatic rings. The molecule has 0 radical (unpaired) electrons. The molecule has 0 unspecified atom stereocenters. The molecule has 7 heteroatoms. The van der Waals surface area contributed by atoms with Crippen LogP contribution in [0.3, 0.4) is 0 Å². The third kappa shape index (κ3) is 6.49. The maximum atomic E-state index is 12.3. The van der Waals surface area contributed by atoms with Crippen molar-refractivity contribution in [1.29, 1.82) is 0 Å². The molecule has 0 saturated heterocycles. The first-order valence-electron chi connectivity index (χ1n) is 8.95. The molecule has 1 heterocycles. The highest BCUT2D eigenvalue weighted by molar-refractivity contribution is 5.78. The van der Waals surface area contributed by atoms with Gasteiger partial charge in [0.15, 0.2) is 0 Å². The molecule has 7 nitrogen and oxygen atoms in total. The number of likely N-dealkylation sites (N-methyl/N-ethyl adjacent to an activating group) is 2. The minimum Gasteiger partial charge on any atom is -0.361 e. The summed E-state index contributed by atoms with van der Waals surface area (Å²) in [5, 5.41) is 3.98. The summed E-state index contributed by atoms with van der Waals surface area (Å²) in [6.45, 7) is 1.95. The van der Waals surface area contributed by atoms with Crippen LogP contribution < -0.4 is 0 Å². The van der Waals surface area contributed by atoms with Gasteiger partial charge in [-0.25, -0.2) is 0 Å². The molecule has 1 saturated carbocycles. The second-order valence-electron chi connectivity index (χ2n) is 7.21. The van der Waals surface area contributed by atoms with Gasteiger partial charge in [0.1, 0.15) is 5.76 Å². The maximum absolute atomic E-state index is 12.3. The smallest absolute Gasteiger partial charge is 0.228 e. The van der Waals surface area contributed by atoms with Crippen LogP contribution in [0.1, 0.15) is 43.1 Å². The molecule has 2 amide bonds. The number of carbonyl (C=O) groups is 2. The topological polar surface area (TPSA) is 69.9 Å². The molecule has 1 aliphatic rings. The molecular weight excluding hydrogens is 320 g/mol. The van der Waals surface area contributed by atoms with Gasteiger partial charge in [0, 0.05) is 45.6 Å². The van der Waals surface area contributed by atoms with E-state index in [1.807, 2.05) is 20.2 Å². The molecular formula is C18H30N4O3. The first-order valence-corrected chi connectivity index (χ1v) is 8.95. The molecule has 1 aromatic heterocycles. The second-order valence-corrected chi connectivity index (χ2v) is 7.21. The van der Waals surface area contributed by atoms with Crippen molar-refractivity contribution < 1.29 is 14.1 Å². The van der Waals surface area contributed by atoms with Gasteiger partial charge in [-0.2, -0.15) is 0 Å². The number of hydrogen-bond donors (Lipinski definition) is 0. The van der Waals surface area contributed by atoms with Crippen molar-refractivity contribution in [3.05, 3.63) is 17.5 Å². The highest BCUT2D eigenvalue weighted by Crippen LogP contribution is 2.40. The van der Waals surface area contributed by atoms with Crippen molar-refractivity contribution in [2.45, 2.75) is 38.0 Å². The molecule has 0 atom stereocenters. The van der Waals surface area contributed by atoms with Gasteiger partial charge in [0.05, 0.1) is 12.1 Å². The molecule has 25 heavy (non-hydrogen) atoms. The Balaban J connectivity index is 1.68. The first kappa shape index (κ1) is 19.4. The Bertz CT molecular complexity index is 581.